The van der Waals surface area contributed by atoms with Crippen molar-refractivity contribution < 1.29 is 9.47 Å². The first kappa shape index (κ1) is 21.8. The lowest BCUT2D eigenvalue weighted by Crippen LogP contribution is -2.38. The molecule has 0 spiro atoms. The van der Waals surface area contributed by atoms with E-state index in [1.807, 2.05) is 18.3 Å². The Labute approximate surface area is 171 Å². The van der Waals surface area contributed by atoms with E-state index in [1.165, 1.54) is 4.88 Å². The second kappa shape index (κ2) is 11.3. The number of ether oxygens (including phenoxy) is 2. The van der Waals surface area contributed by atoms with E-state index >= 15 is 0 Å². The summed E-state index contributed by atoms with van der Waals surface area (Å²) >= 11 is 1.73. The fourth-order valence-electron chi connectivity index (χ4n) is 2.82. The Bertz CT molecular complexity index is 802. The molecule has 28 heavy (non-hydrogen) atoms. The minimum Gasteiger partial charge on any atom is -0.493 e. The number of allylic oxidation sites excluding steroid dienone is 1. The maximum atomic E-state index is 5.50. The molecule has 0 saturated heterocycles. The summed E-state index contributed by atoms with van der Waals surface area (Å²) in [4.78, 5) is 10.3. The molecule has 0 fully saturated rings. The second-order valence-electron chi connectivity index (χ2n) is 6.22. The van der Waals surface area contributed by atoms with Gasteiger partial charge >= 0.3 is 0 Å². The van der Waals surface area contributed by atoms with Gasteiger partial charge in [-0.25, -0.2) is 9.98 Å². The number of methoxy groups -OCH3 is 2. The molecule has 0 amide bonds. The number of nitrogens with zero attached hydrogens (tertiary/aromatic N) is 2. The summed E-state index contributed by atoms with van der Waals surface area (Å²) in [6, 6.07) is 4.06. The lowest BCUT2D eigenvalue weighted by molar-refractivity contribution is 0.352. The van der Waals surface area contributed by atoms with Crippen LogP contribution in [0, 0.1) is 6.92 Å². The summed E-state index contributed by atoms with van der Waals surface area (Å²) in [7, 11) is 3.30. The summed E-state index contributed by atoms with van der Waals surface area (Å²) in [6.07, 6.45) is 5.36. The van der Waals surface area contributed by atoms with Crippen molar-refractivity contribution in [1.29, 1.82) is 0 Å². The van der Waals surface area contributed by atoms with Crippen molar-refractivity contribution in [3.05, 3.63) is 52.0 Å². The number of thiazole rings is 1. The minimum atomic E-state index is 0.538. The topological polar surface area (TPSA) is 67.8 Å². The van der Waals surface area contributed by atoms with Gasteiger partial charge < -0.3 is 20.1 Å². The van der Waals surface area contributed by atoms with E-state index < -0.39 is 0 Å². The van der Waals surface area contributed by atoms with E-state index in [9.17, 15) is 0 Å². The highest BCUT2D eigenvalue weighted by atomic mass is 32.1. The zero-order valence-corrected chi connectivity index (χ0v) is 18.0. The van der Waals surface area contributed by atoms with Crippen molar-refractivity contribution in [3.8, 4) is 11.5 Å². The highest BCUT2D eigenvalue weighted by Crippen LogP contribution is 2.33. The molecular formula is C21H30N4O2S. The highest BCUT2D eigenvalue weighted by molar-refractivity contribution is 7.11. The van der Waals surface area contributed by atoms with Crippen LogP contribution in [0.5, 0.6) is 11.5 Å². The zero-order chi connectivity index (χ0) is 20.4. The van der Waals surface area contributed by atoms with Gasteiger partial charge in [-0.3, -0.25) is 0 Å². The zero-order valence-electron chi connectivity index (χ0n) is 17.2. The molecule has 0 radical (unpaired) electrons. The SMILES string of the molecule is C=CCc1cc(CN=C(NCC)NCCc2ncc(C)s2)cc(OC)c1OC. The molecule has 0 aliphatic rings. The Hall–Kier alpha value is -2.54. The van der Waals surface area contributed by atoms with E-state index in [1.54, 1.807) is 25.6 Å². The smallest absolute Gasteiger partial charge is 0.191 e. The van der Waals surface area contributed by atoms with Crippen molar-refractivity contribution in [2.24, 2.45) is 4.99 Å². The average Bonchev–Trinajstić information content (AvgIpc) is 3.11. The molecule has 1 aromatic carbocycles. The number of nitrogens with one attached hydrogen (secondary N) is 2. The third-order valence-corrected chi connectivity index (χ3v) is 5.02. The normalized spacial score (nSPS) is 11.2. The van der Waals surface area contributed by atoms with E-state index in [-0.39, 0.29) is 0 Å². The molecule has 0 unspecified atom stereocenters. The number of benzene rings is 1. The number of rotatable bonds is 10. The van der Waals surface area contributed by atoms with Crippen molar-refractivity contribution in [3.63, 3.8) is 0 Å². The fourth-order valence-corrected chi connectivity index (χ4v) is 3.61. The van der Waals surface area contributed by atoms with Gasteiger partial charge in [-0.05, 0) is 38.0 Å². The molecule has 0 aliphatic carbocycles. The molecule has 152 valence electrons. The summed E-state index contributed by atoms with van der Waals surface area (Å²) in [5, 5.41) is 7.79. The third-order valence-electron chi connectivity index (χ3n) is 4.04. The standard InChI is InChI=1S/C21H30N4O2S/c1-6-8-17-11-16(12-18(26-4)20(17)27-5)14-25-21(22-7-2)23-10-9-19-24-13-15(3)28-19/h6,11-13H,1,7-10,14H2,2-5H3,(H2,22,23,25). The van der Waals surface area contributed by atoms with E-state index in [0.29, 0.717) is 18.7 Å². The van der Waals surface area contributed by atoms with Crippen LogP contribution in [0.3, 0.4) is 0 Å². The molecule has 0 bridgehead atoms. The fraction of sp³-hybridized carbons (Fsp3) is 0.429. The molecule has 2 N–H and O–H groups in total. The molecule has 0 atom stereocenters. The van der Waals surface area contributed by atoms with Gasteiger partial charge in [-0.1, -0.05) is 6.08 Å². The van der Waals surface area contributed by atoms with Crippen molar-refractivity contribution >= 4 is 17.3 Å². The third kappa shape index (κ3) is 6.27. The molecule has 6 nitrogen and oxygen atoms in total. The quantitative estimate of drug-likeness (QED) is 0.362. The minimum absolute atomic E-state index is 0.538. The van der Waals surface area contributed by atoms with Crippen LogP contribution in [-0.4, -0.2) is 38.3 Å². The van der Waals surface area contributed by atoms with Crippen LogP contribution < -0.4 is 20.1 Å². The van der Waals surface area contributed by atoms with E-state index in [4.69, 9.17) is 14.5 Å². The van der Waals surface area contributed by atoms with Gasteiger partial charge in [0.1, 0.15) is 0 Å². The monoisotopic (exact) mass is 402 g/mol. The Morgan fingerprint density at radius 1 is 1.29 bits per heavy atom. The van der Waals surface area contributed by atoms with Crippen molar-refractivity contribution in [2.45, 2.75) is 33.2 Å². The Balaban J connectivity index is 2.07. The van der Waals surface area contributed by atoms with Crippen LogP contribution in [-0.2, 0) is 19.4 Å². The number of aryl methyl sites for hydroxylation is 1. The number of aromatic nitrogens is 1. The summed E-state index contributed by atoms with van der Waals surface area (Å²) in [5.74, 6) is 2.25. The van der Waals surface area contributed by atoms with Crippen LogP contribution >= 0.6 is 11.3 Å². The van der Waals surface area contributed by atoms with Crippen LogP contribution in [0.4, 0.5) is 0 Å². The second-order valence-corrected chi connectivity index (χ2v) is 7.54. The number of aliphatic imine (C=N–C) groups is 1. The van der Waals surface area contributed by atoms with Gasteiger partial charge in [-0.2, -0.15) is 0 Å². The Kier molecular flexibility index (Phi) is 8.81. The predicted molar refractivity (Wildman–Crippen MR) is 117 cm³/mol. The molecular weight excluding hydrogens is 372 g/mol. The summed E-state index contributed by atoms with van der Waals surface area (Å²) in [6.45, 7) is 10.1. The first-order chi connectivity index (χ1) is 13.6. The number of guanidine groups is 1. The summed E-state index contributed by atoms with van der Waals surface area (Å²) in [5.41, 5.74) is 2.10. The van der Waals surface area contributed by atoms with Gasteiger partial charge in [0.05, 0.1) is 25.8 Å². The van der Waals surface area contributed by atoms with Gasteiger partial charge in [0, 0.05) is 36.1 Å². The lowest BCUT2D eigenvalue weighted by Gasteiger charge is -2.14. The van der Waals surface area contributed by atoms with Gasteiger partial charge in [0.2, 0.25) is 0 Å². The van der Waals surface area contributed by atoms with Crippen LogP contribution in [0.25, 0.3) is 0 Å². The molecule has 2 aromatic rings. The van der Waals surface area contributed by atoms with Gasteiger partial charge in [-0.15, -0.1) is 17.9 Å². The molecule has 2 rings (SSSR count). The number of hydrogen-bond acceptors (Lipinski definition) is 5. The van der Waals surface area contributed by atoms with Crippen molar-refractivity contribution in [1.82, 2.24) is 15.6 Å². The van der Waals surface area contributed by atoms with Crippen LogP contribution in [0.2, 0.25) is 0 Å². The molecule has 7 heteroatoms. The van der Waals surface area contributed by atoms with Crippen LogP contribution in [0.15, 0.2) is 36.0 Å². The van der Waals surface area contributed by atoms with Crippen molar-refractivity contribution in [2.75, 3.05) is 27.3 Å². The lowest BCUT2D eigenvalue weighted by atomic mass is 10.1. The first-order valence-electron chi connectivity index (χ1n) is 9.39. The largest absolute Gasteiger partial charge is 0.493 e. The van der Waals surface area contributed by atoms with E-state index in [0.717, 1.165) is 47.4 Å². The maximum Gasteiger partial charge on any atom is 0.191 e. The highest BCUT2D eigenvalue weighted by Gasteiger charge is 2.11. The molecule has 0 saturated carbocycles. The molecule has 0 aliphatic heterocycles. The summed E-state index contributed by atoms with van der Waals surface area (Å²) < 4.78 is 11.0. The number of hydrogen-bond donors (Lipinski definition) is 2. The van der Waals surface area contributed by atoms with E-state index in [2.05, 4.69) is 42.1 Å². The first-order valence-corrected chi connectivity index (χ1v) is 10.2. The molecule has 1 aromatic heterocycles. The maximum absolute atomic E-state index is 5.50. The van der Waals surface area contributed by atoms with Crippen LogP contribution in [0.1, 0.15) is 27.9 Å². The average molecular weight is 403 g/mol. The Morgan fingerprint density at radius 2 is 2.11 bits per heavy atom. The van der Waals surface area contributed by atoms with Gasteiger partial charge in [0.15, 0.2) is 17.5 Å². The molecule has 1 heterocycles. The Morgan fingerprint density at radius 3 is 2.71 bits per heavy atom. The van der Waals surface area contributed by atoms with Gasteiger partial charge in [0.25, 0.3) is 0 Å². The predicted octanol–water partition coefficient (Wildman–Crippen LogP) is 3.50.